The Balaban J connectivity index is 2.84. The number of sulfonamides is 1. The first-order valence-corrected chi connectivity index (χ1v) is 7.25. The van der Waals surface area contributed by atoms with Crippen molar-refractivity contribution in [3.05, 3.63) is 35.4 Å². The molecule has 0 aliphatic carbocycles. The molecular weight excluding hydrogens is 278 g/mol. The van der Waals surface area contributed by atoms with E-state index in [1.165, 1.54) is 4.31 Å². The topological polar surface area (TPSA) is 37.4 Å². The normalized spacial score (nSPS) is 12.0. The molecule has 1 rings (SSSR count). The molecule has 0 aromatic heterocycles. The standard InChI is InChI=1S/C10H14BrNO2S/c1-9-5-3-4-6-10(9)7-12(2)15(13,14)8-11/h3-6H,7-8H2,1-2H3. The highest BCUT2D eigenvalue weighted by molar-refractivity contribution is 9.10. The van der Waals surface area contributed by atoms with E-state index in [1.54, 1.807) is 7.05 Å². The van der Waals surface area contributed by atoms with Gasteiger partial charge in [-0.25, -0.2) is 8.42 Å². The summed E-state index contributed by atoms with van der Waals surface area (Å²) < 4.78 is 24.3. The van der Waals surface area contributed by atoms with Crippen molar-refractivity contribution in [1.29, 1.82) is 0 Å². The second-order valence-corrected chi connectivity index (χ2v) is 6.78. The van der Waals surface area contributed by atoms with Gasteiger partial charge in [-0.05, 0) is 18.1 Å². The minimum Gasteiger partial charge on any atom is -0.211 e. The third kappa shape index (κ3) is 3.29. The second-order valence-electron chi connectivity index (χ2n) is 3.40. The van der Waals surface area contributed by atoms with Crippen LogP contribution in [0.15, 0.2) is 24.3 Å². The quantitative estimate of drug-likeness (QED) is 0.797. The summed E-state index contributed by atoms with van der Waals surface area (Å²) in [5.74, 6) is 0. The van der Waals surface area contributed by atoms with Gasteiger partial charge in [0, 0.05) is 13.6 Å². The Bertz CT molecular complexity index is 431. The third-order valence-electron chi connectivity index (χ3n) is 2.27. The second kappa shape index (κ2) is 5.09. The number of benzene rings is 1. The van der Waals surface area contributed by atoms with Crippen molar-refractivity contribution in [2.45, 2.75) is 13.5 Å². The molecule has 0 spiro atoms. The van der Waals surface area contributed by atoms with E-state index in [1.807, 2.05) is 31.2 Å². The maximum absolute atomic E-state index is 11.5. The molecule has 0 aliphatic rings. The Kier molecular flexibility index (Phi) is 4.31. The average molecular weight is 292 g/mol. The van der Waals surface area contributed by atoms with E-state index in [0.717, 1.165) is 11.1 Å². The minimum atomic E-state index is -3.16. The van der Waals surface area contributed by atoms with Crippen LogP contribution in [0.1, 0.15) is 11.1 Å². The zero-order chi connectivity index (χ0) is 11.5. The number of rotatable bonds is 4. The minimum absolute atomic E-state index is 0.0393. The Hall–Kier alpha value is -0.390. The smallest absolute Gasteiger partial charge is 0.211 e. The van der Waals surface area contributed by atoms with Crippen molar-refractivity contribution in [2.24, 2.45) is 0 Å². The Morgan fingerprint density at radius 2 is 1.93 bits per heavy atom. The first kappa shape index (κ1) is 12.7. The lowest BCUT2D eigenvalue weighted by Gasteiger charge is -2.16. The molecule has 0 saturated heterocycles. The summed E-state index contributed by atoms with van der Waals surface area (Å²) in [6.45, 7) is 2.39. The summed E-state index contributed by atoms with van der Waals surface area (Å²) in [6, 6.07) is 7.77. The average Bonchev–Trinajstić information content (AvgIpc) is 2.21. The van der Waals surface area contributed by atoms with E-state index in [-0.39, 0.29) is 4.66 Å². The predicted molar refractivity (Wildman–Crippen MR) is 65.4 cm³/mol. The highest BCUT2D eigenvalue weighted by Crippen LogP contribution is 2.12. The van der Waals surface area contributed by atoms with Crippen LogP contribution in [0.2, 0.25) is 0 Å². The van der Waals surface area contributed by atoms with Gasteiger partial charge >= 0.3 is 0 Å². The number of nitrogens with zero attached hydrogens (tertiary/aromatic N) is 1. The van der Waals surface area contributed by atoms with Crippen molar-refractivity contribution in [3.63, 3.8) is 0 Å². The Labute approximate surface area is 99.3 Å². The molecule has 1 aromatic rings. The third-order valence-corrected chi connectivity index (χ3v) is 5.36. The molecule has 1 aromatic carbocycles. The van der Waals surface area contributed by atoms with E-state index in [0.29, 0.717) is 6.54 Å². The molecule has 84 valence electrons. The van der Waals surface area contributed by atoms with Gasteiger partial charge in [0.15, 0.2) is 0 Å². The van der Waals surface area contributed by atoms with Crippen molar-refractivity contribution >= 4 is 26.0 Å². The van der Waals surface area contributed by atoms with Crippen LogP contribution in [0.25, 0.3) is 0 Å². The summed E-state index contributed by atoms with van der Waals surface area (Å²) in [6.07, 6.45) is 0. The molecule has 15 heavy (non-hydrogen) atoms. The molecule has 0 N–H and O–H groups in total. The predicted octanol–water partition coefficient (Wildman–Crippen LogP) is 2.11. The summed E-state index contributed by atoms with van der Waals surface area (Å²) in [5.41, 5.74) is 2.14. The number of halogens is 1. The van der Waals surface area contributed by atoms with Gasteiger partial charge in [0.1, 0.15) is 4.66 Å². The first-order valence-electron chi connectivity index (χ1n) is 4.52. The van der Waals surface area contributed by atoms with Crippen LogP contribution in [0.4, 0.5) is 0 Å². The Morgan fingerprint density at radius 1 is 1.33 bits per heavy atom. The van der Waals surface area contributed by atoms with Crippen LogP contribution >= 0.6 is 15.9 Å². The van der Waals surface area contributed by atoms with Gasteiger partial charge in [0.2, 0.25) is 10.0 Å². The number of hydrogen-bond acceptors (Lipinski definition) is 2. The van der Waals surface area contributed by atoms with Crippen LogP contribution in [-0.4, -0.2) is 24.4 Å². The van der Waals surface area contributed by atoms with Crippen molar-refractivity contribution in [2.75, 3.05) is 11.7 Å². The fourth-order valence-corrected chi connectivity index (χ4v) is 2.76. The maximum atomic E-state index is 11.5. The van der Waals surface area contributed by atoms with E-state index >= 15 is 0 Å². The lowest BCUT2D eigenvalue weighted by molar-refractivity contribution is 0.470. The molecule has 0 saturated carbocycles. The molecule has 3 nitrogen and oxygen atoms in total. The molecule has 0 atom stereocenters. The SMILES string of the molecule is Cc1ccccc1CN(C)S(=O)(=O)CBr. The van der Waals surface area contributed by atoms with Gasteiger partial charge in [-0.1, -0.05) is 40.2 Å². The van der Waals surface area contributed by atoms with Crippen molar-refractivity contribution < 1.29 is 8.42 Å². The molecule has 0 unspecified atom stereocenters. The van der Waals surface area contributed by atoms with Crippen molar-refractivity contribution in [3.8, 4) is 0 Å². The fourth-order valence-electron chi connectivity index (χ4n) is 1.21. The summed E-state index contributed by atoms with van der Waals surface area (Å²) in [4.78, 5) is 0. The lowest BCUT2D eigenvalue weighted by atomic mass is 10.1. The fraction of sp³-hybridized carbons (Fsp3) is 0.400. The molecule has 0 aliphatic heterocycles. The summed E-state index contributed by atoms with van der Waals surface area (Å²) in [7, 11) is -1.58. The van der Waals surface area contributed by atoms with Crippen LogP contribution < -0.4 is 0 Å². The van der Waals surface area contributed by atoms with Crippen LogP contribution in [0.3, 0.4) is 0 Å². The number of alkyl halides is 1. The molecule has 5 heteroatoms. The van der Waals surface area contributed by atoms with E-state index in [9.17, 15) is 8.42 Å². The van der Waals surface area contributed by atoms with Gasteiger partial charge in [0.05, 0.1) is 0 Å². The van der Waals surface area contributed by atoms with Crippen LogP contribution in [0.5, 0.6) is 0 Å². The zero-order valence-corrected chi connectivity index (χ0v) is 11.2. The van der Waals surface area contributed by atoms with Gasteiger partial charge in [-0.15, -0.1) is 0 Å². The van der Waals surface area contributed by atoms with Crippen LogP contribution in [-0.2, 0) is 16.6 Å². The summed E-state index contributed by atoms with van der Waals surface area (Å²) >= 11 is 2.97. The number of hydrogen-bond donors (Lipinski definition) is 0. The monoisotopic (exact) mass is 291 g/mol. The Morgan fingerprint density at radius 3 is 2.47 bits per heavy atom. The van der Waals surface area contributed by atoms with E-state index in [2.05, 4.69) is 15.9 Å². The first-order chi connectivity index (χ1) is 6.97. The van der Waals surface area contributed by atoms with Crippen LogP contribution in [0, 0.1) is 6.92 Å². The molecular formula is C10H14BrNO2S. The molecule has 0 radical (unpaired) electrons. The molecule has 0 heterocycles. The van der Waals surface area contributed by atoms with E-state index < -0.39 is 10.0 Å². The molecule has 0 bridgehead atoms. The maximum Gasteiger partial charge on any atom is 0.224 e. The highest BCUT2D eigenvalue weighted by atomic mass is 79.9. The highest BCUT2D eigenvalue weighted by Gasteiger charge is 2.16. The largest absolute Gasteiger partial charge is 0.224 e. The van der Waals surface area contributed by atoms with Gasteiger partial charge in [-0.3, -0.25) is 0 Å². The molecule has 0 amide bonds. The van der Waals surface area contributed by atoms with Crippen molar-refractivity contribution in [1.82, 2.24) is 4.31 Å². The molecule has 0 fully saturated rings. The van der Waals surface area contributed by atoms with E-state index in [4.69, 9.17) is 0 Å². The summed E-state index contributed by atoms with van der Waals surface area (Å²) in [5, 5.41) is 0. The number of aryl methyl sites for hydroxylation is 1. The van der Waals surface area contributed by atoms with Gasteiger partial charge in [-0.2, -0.15) is 4.31 Å². The zero-order valence-electron chi connectivity index (χ0n) is 8.77. The lowest BCUT2D eigenvalue weighted by Crippen LogP contribution is -2.27. The van der Waals surface area contributed by atoms with Gasteiger partial charge < -0.3 is 0 Å². The van der Waals surface area contributed by atoms with Gasteiger partial charge in [0.25, 0.3) is 0 Å².